The number of ether oxygens (including phenoxy) is 1. The molecule has 1 N–H and O–H groups in total. The lowest BCUT2D eigenvalue weighted by Crippen LogP contribution is -2.51. The fourth-order valence-electron chi connectivity index (χ4n) is 2.75. The fraction of sp³-hybridized carbons (Fsp3) is 0.714. The minimum Gasteiger partial charge on any atom is -0.396 e. The molecule has 1 amide bonds. The zero-order valence-corrected chi connectivity index (χ0v) is 12.9. The predicted molar refractivity (Wildman–Crippen MR) is 77.7 cm³/mol. The van der Waals surface area contributed by atoms with Gasteiger partial charge in [0.05, 0.1) is 31.6 Å². The van der Waals surface area contributed by atoms with Gasteiger partial charge in [0, 0.05) is 38.3 Å². The number of aryl methyl sites for hydroxylation is 1. The van der Waals surface area contributed by atoms with Gasteiger partial charge < -0.3 is 19.6 Å². The Balaban J connectivity index is 2.27. The van der Waals surface area contributed by atoms with Crippen LogP contribution in [0.1, 0.15) is 18.0 Å². The Kier molecular flexibility index (Phi) is 5.33. The number of hydrogen-bond donors (Lipinski definition) is 1. The average molecular weight is 296 g/mol. The van der Waals surface area contributed by atoms with Crippen LogP contribution in [0.25, 0.3) is 0 Å². The quantitative estimate of drug-likeness (QED) is 0.803. The highest BCUT2D eigenvalue weighted by atomic mass is 16.5. The highest BCUT2D eigenvalue weighted by Crippen LogP contribution is 2.30. The van der Waals surface area contributed by atoms with E-state index in [1.807, 2.05) is 37.1 Å². The van der Waals surface area contributed by atoms with Gasteiger partial charge in [-0.1, -0.05) is 0 Å². The Bertz CT molecular complexity index is 475. The maximum absolute atomic E-state index is 12.3. The first-order valence-electron chi connectivity index (χ1n) is 7.18. The highest BCUT2D eigenvalue weighted by Gasteiger charge is 2.36. The normalized spacial score (nSPS) is 22.8. The minimum atomic E-state index is -0.158. The third-order valence-corrected chi connectivity index (χ3v) is 3.61. The standard InChI is InChI=1S/C14H24N4O3/c1-16(2)10-12-14(11-8-15-17(3)9-11)18(5-7-21-12)13(20)4-6-19/h8-9,12,14,19H,4-7,10H2,1-3H3/t12-,14-/m0/s1. The van der Waals surface area contributed by atoms with E-state index >= 15 is 0 Å². The number of amides is 1. The summed E-state index contributed by atoms with van der Waals surface area (Å²) in [7, 11) is 5.82. The average Bonchev–Trinajstić information content (AvgIpc) is 2.84. The molecule has 21 heavy (non-hydrogen) atoms. The lowest BCUT2D eigenvalue weighted by Gasteiger charge is -2.41. The molecule has 7 nitrogen and oxygen atoms in total. The molecule has 0 aromatic carbocycles. The van der Waals surface area contributed by atoms with Crippen molar-refractivity contribution in [3.05, 3.63) is 18.0 Å². The van der Waals surface area contributed by atoms with Gasteiger partial charge in [-0.15, -0.1) is 0 Å². The smallest absolute Gasteiger partial charge is 0.225 e. The van der Waals surface area contributed by atoms with Crippen molar-refractivity contribution in [3.8, 4) is 0 Å². The van der Waals surface area contributed by atoms with Crippen LogP contribution in [0.4, 0.5) is 0 Å². The maximum atomic E-state index is 12.3. The molecule has 1 aromatic rings. The number of aromatic nitrogens is 2. The van der Waals surface area contributed by atoms with Crippen molar-refractivity contribution in [2.45, 2.75) is 18.6 Å². The molecule has 7 heteroatoms. The second-order valence-corrected chi connectivity index (χ2v) is 5.62. The first kappa shape index (κ1) is 15.9. The van der Waals surface area contributed by atoms with E-state index in [0.717, 1.165) is 12.1 Å². The van der Waals surface area contributed by atoms with Gasteiger partial charge in [0.15, 0.2) is 0 Å². The molecule has 1 aliphatic heterocycles. The van der Waals surface area contributed by atoms with E-state index in [1.54, 1.807) is 10.9 Å². The van der Waals surface area contributed by atoms with Crippen LogP contribution in [-0.2, 0) is 16.6 Å². The van der Waals surface area contributed by atoms with Gasteiger partial charge >= 0.3 is 0 Å². The largest absolute Gasteiger partial charge is 0.396 e. The van der Waals surface area contributed by atoms with Crippen molar-refractivity contribution < 1.29 is 14.6 Å². The van der Waals surface area contributed by atoms with Crippen LogP contribution in [0.2, 0.25) is 0 Å². The third kappa shape index (κ3) is 3.81. The first-order valence-corrected chi connectivity index (χ1v) is 7.18. The van der Waals surface area contributed by atoms with E-state index in [0.29, 0.717) is 13.2 Å². The summed E-state index contributed by atoms with van der Waals surface area (Å²) in [6.07, 6.45) is 3.74. The second kappa shape index (κ2) is 7.02. The molecule has 1 aliphatic rings. The molecule has 0 bridgehead atoms. The molecular weight excluding hydrogens is 272 g/mol. The van der Waals surface area contributed by atoms with Crippen LogP contribution in [0.3, 0.4) is 0 Å². The van der Waals surface area contributed by atoms with Crippen LogP contribution >= 0.6 is 0 Å². The lowest BCUT2D eigenvalue weighted by molar-refractivity contribution is -0.148. The molecule has 0 saturated carbocycles. The Morgan fingerprint density at radius 1 is 1.57 bits per heavy atom. The van der Waals surface area contributed by atoms with E-state index in [1.165, 1.54) is 0 Å². The molecule has 0 aliphatic carbocycles. The fourth-order valence-corrected chi connectivity index (χ4v) is 2.75. The number of morpholine rings is 1. The number of aliphatic hydroxyl groups is 1. The summed E-state index contributed by atoms with van der Waals surface area (Å²) in [5, 5.41) is 13.2. The van der Waals surface area contributed by atoms with E-state index in [9.17, 15) is 4.79 Å². The second-order valence-electron chi connectivity index (χ2n) is 5.62. The number of nitrogens with zero attached hydrogens (tertiary/aromatic N) is 4. The molecule has 0 unspecified atom stereocenters. The molecule has 1 fully saturated rings. The molecule has 0 spiro atoms. The number of rotatable bonds is 5. The number of carbonyl (C=O) groups is 1. The van der Waals surface area contributed by atoms with Crippen LogP contribution < -0.4 is 0 Å². The third-order valence-electron chi connectivity index (χ3n) is 3.61. The number of carbonyl (C=O) groups excluding carboxylic acids is 1. The van der Waals surface area contributed by atoms with E-state index in [4.69, 9.17) is 9.84 Å². The van der Waals surface area contributed by atoms with Crippen molar-refractivity contribution in [2.75, 3.05) is 40.4 Å². The van der Waals surface area contributed by atoms with Crippen molar-refractivity contribution in [1.29, 1.82) is 0 Å². The summed E-state index contributed by atoms with van der Waals surface area (Å²) in [4.78, 5) is 16.1. The van der Waals surface area contributed by atoms with Crippen molar-refractivity contribution >= 4 is 5.91 Å². The topological polar surface area (TPSA) is 70.8 Å². The zero-order chi connectivity index (χ0) is 15.4. The van der Waals surface area contributed by atoms with E-state index in [2.05, 4.69) is 5.10 Å². The monoisotopic (exact) mass is 296 g/mol. The van der Waals surface area contributed by atoms with Crippen molar-refractivity contribution in [1.82, 2.24) is 19.6 Å². The summed E-state index contributed by atoms with van der Waals surface area (Å²) < 4.78 is 7.62. The number of likely N-dealkylation sites (N-methyl/N-ethyl adjacent to an activating group) is 1. The molecule has 2 rings (SSSR count). The Labute approximate surface area is 125 Å². The molecule has 2 heterocycles. The zero-order valence-electron chi connectivity index (χ0n) is 12.9. The summed E-state index contributed by atoms with van der Waals surface area (Å²) >= 11 is 0. The van der Waals surface area contributed by atoms with Crippen molar-refractivity contribution in [2.24, 2.45) is 7.05 Å². The van der Waals surface area contributed by atoms with Crippen LogP contribution in [0.15, 0.2) is 12.4 Å². The van der Waals surface area contributed by atoms with Gasteiger partial charge in [-0.25, -0.2) is 0 Å². The van der Waals surface area contributed by atoms with Gasteiger partial charge in [-0.2, -0.15) is 5.10 Å². The summed E-state index contributed by atoms with van der Waals surface area (Å²) in [5.74, 6) is -0.0431. The van der Waals surface area contributed by atoms with Gasteiger partial charge in [-0.3, -0.25) is 9.48 Å². The Morgan fingerprint density at radius 3 is 2.90 bits per heavy atom. The minimum absolute atomic E-state index is 0.0431. The molecule has 1 saturated heterocycles. The van der Waals surface area contributed by atoms with Crippen LogP contribution in [-0.4, -0.2) is 77.1 Å². The van der Waals surface area contributed by atoms with Gasteiger partial charge in [-0.05, 0) is 14.1 Å². The number of aliphatic hydroxyl groups excluding tert-OH is 1. The van der Waals surface area contributed by atoms with Crippen LogP contribution in [0, 0.1) is 0 Å². The predicted octanol–water partition coefficient (Wildman–Crippen LogP) is -0.367. The summed E-state index contributed by atoms with van der Waals surface area (Å²) in [6, 6.07) is -0.158. The maximum Gasteiger partial charge on any atom is 0.225 e. The SMILES string of the molecule is CN(C)C[C@@H]1OCCN(C(=O)CCO)[C@H]1c1cnn(C)c1. The van der Waals surface area contributed by atoms with Gasteiger partial charge in [0.25, 0.3) is 0 Å². The molecule has 2 atom stereocenters. The first-order chi connectivity index (χ1) is 10.0. The van der Waals surface area contributed by atoms with E-state index in [-0.39, 0.29) is 31.1 Å². The summed E-state index contributed by atoms with van der Waals surface area (Å²) in [6.45, 7) is 1.66. The molecule has 0 radical (unpaired) electrons. The summed E-state index contributed by atoms with van der Waals surface area (Å²) in [5.41, 5.74) is 0.968. The molecular formula is C14H24N4O3. The number of hydrogen-bond acceptors (Lipinski definition) is 5. The highest BCUT2D eigenvalue weighted by molar-refractivity contribution is 5.77. The molecule has 118 valence electrons. The van der Waals surface area contributed by atoms with E-state index < -0.39 is 0 Å². The van der Waals surface area contributed by atoms with Crippen molar-refractivity contribution in [3.63, 3.8) is 0 Å². The lowest BCUT2D eigenvalue weighted by atomic mass is 10.00. The van der Waals surface area contributed by atoms with Crippen LogP contribution in [0.5, 0.6) is 0 Å². The van der Waals surface area contributed by atoms with Gasteiger partial charge in [0.2, 0.25) is 5.91 Å². The molecule has 1 aromatic heterocycles. The Morgan fingerprint density at radius 2 is 2.33 bits per heavy atom. The Hall–Kier alpha value is -1.44. The van der Waals surface area contributed by atoms with Gasteiger partial charge in [0.1, 0.15) is 0 Å².